The molecule has 0 radical (unpaired) electrons. The molecule has 1 spiro atoms. The largest absolute Gasteiger partial charge is 0.493 e. The van der Waals surface area contributed by atoms with E-state index >= 15 is 0 Å². The molecule has 2 aliphatic heterocycles. The molecule has 142 valence electrons. The number of ether oxygens (including phenoxy) is 2. The molecule has 1 fully saturated rings. The molecule has 1 saturated carbocycles. The molecule has 0 bridgehead atoms. The first-order valence-electron chi connectivity index (χ1n) is 9.89. The standard InChI is InChI=1S/C22H26N2O3/c1-14-9-11-22(12-10-14)24-18(13-17(23-24)19-8-7-15(2)26-19)16-5-4-6-20(25-3)21(16)27-22/h4-8,14,18H,9-13H2,1-3H3/t14?,18-,22?/m1/s1. The van der Waals surface area contributed by atoms with Crippen molar-refractivity contribution in [2.75, 3.05) is 7.11 Å². The van der Waals surface area contributed by atoms with E-state index < -0.39 is 0 Å². The average molecular weight is 366 g/mol. The summed E-state index contributed by atoms with van der Waals surface area (Å²) in [7, 11) is 1.71. The van der Waals surface area contributed by atoms with Gasteiger partial charge in [-0.05, 0) is 43.9 Å². The highest BCUT2D eigenvalue weighted by atomic mass is 16.5. The van der Waals surface area contributed by atoms with Crippen molar-refractivity contribution in [1.82, 2.24) is 5.01 Å². The van der Waals surface area contributed by atoms with E-state index in [1.54, 1.807) is 7.11 Å². The van der Waals surface area contributed by atoms with Crippen molar-refractivity contribution < 1.29 is 13.9 Å². The van der Waals surface area contributed by atoms with Gasteiger partial charge in [-0.3, -0.25) is 0 Å². The fraction of sp³-hybridized carbons (Fsp3) is 0.500. The number of fused-ring (bicyclic) bond motifs is 4. The normalized spacial score (nSPS) is 29.1. The third-order valence-corrected chi connectivity index (χ3v) is 6.29. The number of furan rings is 1. The van der Waals surface area contributed by atoms with Crippen molar-refractivity contribution in [2.24, 2.45) is 11.0 Å². The first-order chi connectivity index (χ1) is 13.1. The van der Waals surface area contributed by atoms with E-state index in [9.17, 15) is 0 Å². The topological polar surface area (TPSA) is 47.2 Å². The zero-order chi connectivity index (χ0) is 18.6. The van der Waals surface area contributed by atoms with Gasteiger partial charge >= 0.3 is 0 Å². The lowest BCUT2D eigenvalue weighted by atomic mass is 9.82. The van der Waals surface area contributed by atoms with Crippen LogP contribution >= 0.6 is 0 Å². The van der Waals surface area contributed by atoms with Gasteiger partial charge in [-0.1, -0.05) is 19.1 Å². The van der Waals surface area contributed by atoms with Crippen molar-refractivity contribution in [2.45, 2.75) is 57.7 Å². The predicted molar refractivity (Wildman–Crippen MR) is 103 cm³/mol. The van der Waals surface area contributed by atoms with Crippen LogP contribution in [0.3, 0.4) is 0 Å². The second-order valence-corrected chi connectivity index (χ2v) is 8.13. The number of rotatable bonds is 2. The van der Waals surface area contributed by atoms with Gasteiger partial charge in [0.25, 0.3) is 0 Å². The monoisotopic (exact) mass is 366 g/mol. The molecule has 2 aromatic rings. The van der Waals surface area contributed by atoms with Crippen LogP contribution in [0.5, 0.6) is 11.5 Å². The summed E-state index contributed by atoms with van der Waals surface area (Å²) < 4.78 is 18.2. The molecule has 27 heavy (non-hydrogen) atoms. The Morgan fingerprint density at radius 1 is 1.19 bits per heavy atom. The summed E-state index contributed by atoms with van der Waals surface area (Å²) >= 11 is 0. The number of hydrazone groups is 1. The maximum absolute atomic E-state index is 6.70. The summed E-state index contributed by atoms with van der Waals surface area (Å²) in [6.45, 7) is 4.30. The lowest BCUT2D eigenvalue weighted by molar-refractivity contribution is -0.146. The minimum absolute atomic E-state index is 0.165. The highest BCUT2D eigenvalue weighted by Crippen LogP contribution is 2.54. The van der Waals surface area contributed by atoms with Gasteiger partial charge in [-0.2, -0.15) is 5.10 Å². The number of hydrogen-bond acceptors (Lipinski definition) is 5. The summed E-state index contributed by atoms with van der Waals surface area (Å²) in [6.07, 6.45) is 5.09. The molecule has 0 amide bonds. The number of para-hydroxylation sites is 1. The first kappa shape index (κ1) is 16.7. The molecule has 5 rings (SSSR count). The molecule has 0 saturated heterocycles. The van der Waals surface area contributed by atoms with Crippen LogP contribution in [-0.4, -0.2) is 23.6 Å². The highest BCUT2D eigenvalue weighted by molar-refractivity contribution is 5.99. The first-order valence-corrected chi connectivity index (χ1v) is 9.89. The number of nitrogens with zero attached hydrogens (tertiary/aromatic N) is 2. The van der Waals surface area contributed by atoms with E-state index in [0.29, 0.717) is 0 Å². The zero-order valence-corrected chi connectivity index (χ0v) is 16.2. The molecule has 3 heterocycles. The lowest BCUT2D eigenvalue weighted by Crippen LogP contribution is -2.55. The average Bonchev–Trinajstić information content (AvgIpc) is 3.31. The van der Waals surface area contributed by atoms with Crippen LogP contribution in [0.15, 0.2) is 39.9 Å². The van der Waals surface area contributed by atoms with Crippen molar-refractivity contribution in [3.63, 3.8) is 0 Å². The molecular formula is C22H26N2O3. The van der Waals surface area contributed by atoms with Gasteiger partial charge in [0, 0.05) is 24.8 Å². The van der Waals surface area contributed by atoms with Crippen molar-refractivity contribution in [3.05, 3.63) is 47.4 Å². The van der Waals surface area contributed by atoms with Gasteiger partial charge in [0.2, 0.25) is 0 Å². The second-order valence-electron chi connectivity index (χ2n) is 8.13. The Kier molecular flexibility index (Phi) is 3.74. The summed E-state index contributed by atoms with van der Waals surface area (Å²) in [5.74, 6) is 4.22. The van der Waals surface area contributed by atoms with E-state index in [1.165, 1.54) is 0 Å². The van der Waals surface area contributed by atoms with Crippen molar-refractivity contribution >= 4 is 5.71 Å². The van der Waals surface area contributed by atoms with Crippen LogP contribution in [-0.2, 0) is 0 Å². The molecule has 5 nitrogen and oxygen atoms in total. The maximum atomic E-state index is 6.70. The van der Waals surface area contributed by atoms with E-state index in [4.69, 9.17) is 19.0 Å². The Labute approximate surface area is 159 Å². The fourth-order valence-electron chi connectivity index (χ4n) is 4.71. The van der Waals surface area contributed by atoms with Gasteiger partial charge in [0.1, 0.15) is 17.2 Å². The molecule has 3 aliphatic rings. The molecule has 5 heteroatoms. The quantitative estimate of drug-likeness (QED) is 0.746. The summed E-state index contributed by atoms with van der Waals surface area (Å²) in [6, 6.07) is 10.4. The third kappa shape index (κ3) is 2.55. The van der Waals surface area contributed by atoms with Crippen LogP contribution in [0.2, 0.25) is 0 Å². The van der Waals surface area contributed by atoms with Gasteiger partial charge in [-0.15, -0.1) is 0 Å². The summed E-state index contributed by atoms with van der Waals surface area (Å²) in [4.78, 5) is 0. The third-order valence-electron chi connectivity index (χ3n) is 6.29. The van der Waals surface area contributed by atoms with E-state index in [-0.39, 0.29) is 11.8 Å². The van der Waals surface area contributed by atoms with Crippen LogP contribution in [0, 0.1) is 12.8 Å². The van der Waals surface area contributed by atoms with Crippen LogP contribution in [0.25, 0.3) is 0 Å². The molecule has 1 aromatic carbocycles. The molecule has 1 aromatic heterocycles. The van der Waals surface area contributed by atoms with Crippen LogP contribution in [0.4, 0.5) is 0 Å². The Morgan fingerprint density at radius 3 is 2.70 bits per heavy atom. The number of hydrogen-bond donors (Lipinski definition) is 0. The molecule has 1 atom stereocenters. The zero-order valence-electron chi connectivity index (χ0n) is 16.2. The summed E-state index contributed by atoms with van der Waals surface area (Å²) in [5, 5.41) is 7.27. The minimum Gasteiger partial charge on any atom is -0.493 e. The van der Waals surface area contributed by atoms with Crippen LogP contribution < -0.4 is 9.47 Å². The van der Waals surface area contributed by atoms with Crippen molar-refractivity contribution in [1.29, 1.82) is 0 Å². The molecule has 0 unspecified atom stereocenters. The number of benzene rings is 1. The maximum Gasteiger partial charge on any atom is 0.198 e. The minimum atomic E-state index is -0.387. The highest BCUT2D eigenvalue weighted by Gasteiger charge is 2.52. The Morgan fingerprint density at radius 2 is 2.00 bits per heavy atom. The van der Waals surface area contributed by atoms with Gasteiger partial charge in [0.15, 0.2) is 17.2 Å². The molecule has 0 N–H and O–H groups in total. The van der Waals surface area contributed by atoms with Crippen molar-refractivity contribution in [3.8, 4) is 11.5 Å². The molecule has 1 aliphatic carbocycles. The lowest BCUT2D eigenvalue weighted by Gasteiger charge is -2.50. The Hall–Kier alpha value is -2.43. The van der Waals surface area contributed by atoms with Gasteiger partial charge in [0.05, 0.1) is 13.2 Å². The smallest absolute Gasteiger partial charge is 0.198 e. The second kappa shape index (κ2) is 6.04. The predicted octanol–water partition coefficient (Wildman–Crippen LogP) is 5.05. The summed E-state index contributed by atoms with van der Waals surface area (Å²) in [5.41, 5.74) is 1.77. The fourth-order valence-corrected chi connectivity index (χ4v) is 4.71. The van der Waals surface area contributed by atoms with Gasteiger partial charge < -0.3 is 13.9 Å². The molecular weight excluding hydrogens is 340 g/mol. The number of aryl methyl sites for hydroxylation is 1. The number of methoxy groups -OCH3 is 1. The van der Waals surface area contributed by atoms with E-state index in [1.807, 2.05) is 31.2 Å². The van der Waals surface area contributed by atoms with E-state index in [0.717, 1.165) is 72.3 Å². The Balaban J connectivity index is 1.61. The Bertz CT molecular complexity index is 893. The van der Waals surface area contributed by atoms with Crippen LogP contribution in [0.1, 0.15) is 62.2 Å². The van der Waals surface area contributed by atoms with E-state index in [2.05, 4.69) is 18.0 Å². The van der Waals surface area contributed by atoms with Gasteiger partial charge in [-0.25, -0.2) is 5.01 Å². The SMILES string of the molecule is COc1cccc2c1OC1(CCC(C)CC1)N1N=C(c3ccc(C)o3)C[C@H]21.